The van der Waals surface area contributed by atoms with E-state index >= 15 is 0 Å². The average molecular weight is 348 g/mol. The van der Waals surface area contributed by atoms with Gasteiger partial charge in [0.2, 0.25) is 0 Å². The van der Waals surface area contributed by atoms with Crippen molar-refractivity contribution in [3.05, 3.63) is 92.9 Å². The van der Waals surface area contributed by atoms with Crippen molar-refractivity contribution in [3.8, 4) is 5.69 Å². The van der Waals surface area contributed by atoms with Crippen molar-refractivity contribution in [1.82, 2.24) is 9.55 Å². The van der Waals surface area contributed by atoms with E-state index in [1.165, 1.54) is 16.7 Å². The zero-order valence-electron chi connectivity index (χ0n) is 13.1. The maximum atomic E-state index is 13.3. The van der Waals surface area contributed by atoms with Crippen molar-refractivity contribution in [2.75, 3.05) is 0 Å². The van der Waals surface area contributed by atoms with Crippen LogP contribution in [0.3, 0.4) is 0 Å². The Morgan fingerprint density at radius 2 is 1.80 bits per heavy atom. The van der Waals surface area contributed by atoms with Crippen LogP contribution in [0, 0.1) is 5.82 Å². The van der Waals surface area contributed by atoms with Crippen LogP contribution < -0.4 is 5.56 Å². The molecule has 4 aromatic rings. The van der Waals surface area contributed by atoms with Gasteiger partial charge in [-0.1, -0.05) is 18.2 Å². The number of aromatic nitrogens is 2. The third-order valence-corrected chi connectivity index (χ3v) is 4.56. The number of fused-ring (bicyclic) bond motifs is 1. The highest BCUT2D eigenvalue weighted by molar-refractivity contribution is 7.08. The van der Waals surface area contributed by atoms with Gasteiger partial charge in [0.15, 0.2) is 0 Å². The van der Waals surface area contributed by atoms with Crippen LogP contribution in [0.5, 0.6) is 0 Å². The van der Waals surface area contributed by atoms with Gasteiger partial charge in [0.05, 0.1) is 16.6 Å². The number of hydrogen-bond donors (Lipinski definition) is 0. The van der Waals surface area contributed by atoms with E-state index in [1.807, 2.05) is 35.0 Å². The van der Waals surface area contributed by atoms with Crippen LogP contribution in [0.4, 0.5) is 4.39 Å². The quantitative estimate of drug-likeness (QED) is 0.535. The van der Waals surface area contributed by atoms with Crippen LogP contribution in [-0.4, -0.2) is 9.55 Å². The summed E-state index contributed by atoms with van der Waals surface area (Å²) in [7, 11) is 0. The molecular formula is C20H13FN2OS. The third kappa shape index (κ3) is 3.02. The van der Waals surface area contributed by atoms with E-state index in [-0.39, 0.29) is 11.4 Å². The molecule has 3 nitrogen and oxygen atoms in total. The summed E-state index contributed by atoms with van der Waals surface area (Å²) in [6, 6.07) is 15.0. The Labute approximate surface area is 147 Å². The molecule has 0 fully saturated rings. The molecule has 0 saturated carbocycles. The SMILES string of the molecule is O=c1c2ccccc2nc(C=Cc2ccsc2)n1-c1ccc(F)cc1. The maximum absolute atomic E-state index is 13.3. The lowest BCUT2D eigenvalue weighted by atomic mass is 10.2. The summed E-state index contributed by atoms with van der Waals surface area (Å²) in [4.78, 5) is 17.6. The lowest BCUT2D eigenvalue weighted by Gasteiger charge is -2.11. The van der Waals surface area contributed by atoms with Gasteiger partial charge in [-0.2, -0.15) is 11.3 Å². The van der Waals surface area contributed by atoms with Gasteiger partial charge < -0.3 is 0 Å². The first kappa shape index (κ1) is 15.5. The fourth-order valence-corrected chi connectivity index (χ4v) is 3.27. The molecule has 2 aromatic carbocycles. The van der Waals surface area contributed by atoms with Gasteiger partial charge in [-0.05, 0) is 64.9 Å². The van der Waals surface area contributed by atoms with E-state index < -0.39 is 0 Å². The molecule has 2 aromatic heterocycles. The molecule has 0 saturated heterocycles. The third-order valence-electron chi connectivity index (χ3n) is 3.85. The molecule has 0 amide bonds. The predicted molar refractivity (Wildman–Crippen MR) is 101 cm³/mol. The van der Waals surface area contributed by atoms with Gasteiger partial charge in [-0.3, -0.25) is 9.36 Å². The minimum absolute atomic E-state index is 0.179. The Balaban J connectivity index is 1.97. The normalized spacial score (nSPS) is 11.4. The molecule has 0 aliphatic rings. The van der Waals surface area contributed by atoms with E-state index in [9.17, 15) is 9.18 Å². The molecule has 0 bridgehead atoms. The number of hydrogen-bond acceptors (Lipinski definition) is 3. The Morgan fingerprint density at radius 1 is 1.00 bits per heavy atom. The highest BCUT2D eigenvalue weighted by Crippen LogP contribution is 2.16. The maximum Gasteiger partial charge on any atom is 0.266 e. The molecule has 4 rings (SSSR count). The molecule has 0 radical (unpaired) electrons. The first-order valence-electron chi connectivity index (χ1n) is 7.70. The number of rotatable bonds is 3. The summed E-state index contributed by atoms with van der Waals surface area (Å²) in [5.74, 6) is 0.155. The molecule has 122 valence electrons. The topological polar surface area (TPSA) is 34.9 Å². The molecule has 0 aliphatic carbocycles. The zero-order valence-corrected chi connectivity index (χ0v) is 13.9. The van der Waals surface area contributed by atoms with Gasteiger partial charge >= 0.3 is 0 Å². The Hall–Kier alpha value is -3.05. The predicted octanol–water partition coefficient (Wildman–Crippen LogP) is 4.76. The van der Waals surface area contributed by atoms with E-state index in [0.29, 0.717) is 22.4 Å². The van der Waals surface area contributed by atoms with E-state index in [1.54, 1.807) is 41.7 Å². The summed E-state index contributed by atoms with van der Waals surface area (Å²) >= 11 is 1.60. The summed E-state index contributed by atoms with van der Waals surface area (Å²) in [5, 5.41) is 4.53. The highest BCUT2D eigenvalue weighted by Gasteiger charge is 2.11. The van der Waals surface area contributed by atoms with Crippen LogP contribution in [-0.2, 0) is 0 Å². The van der Waals surface area contributed by atoms with E-state index in [0.717, 1.165) is 5.56 Å². The summed E-state index contributed by atoms with van der Waals surface area (Å²) < 4.78 is 14.8. The number of para-hydroxylation sites is 1. The number of benzene rings is 2. The van der Waals surface area contributed by atoms with Gasteiger partial charge in [-0.15, -0.1) is 0 Å². The summed E-state index contributed by atoms with van der Waals surface area (Å²) in [6.07, 6.45) is 3.71. The summed E-state index contributed by atoms with van der Waals surface area (Å²) in [5.41, 5.74) is 2.07. The minimum atomic E-state index is -0.346. The molecule has 0 unspecified atom stereocenters. The number of nitrogens with zero attached hydrogens (tertiary/aromatic N) is 2. The molecular weight excluding hydrogens is 335 g/mol. The van der Waals surface area contributed by atoms with Gasteiger partial charge in [-0.25, -0.2) is 9.37 Å². The van der Waals surface area contributed by atoms with E-state index in [4.69, 9.17) is 0 Å². The van der Waals surface area contributed by atoms with Crippen molar-refractivity contribution < 1.29 is 4.39 Å². The first-order valence-corrected chi connectivity index (χ1v) is 8.65. The second-order valence-corrected chi connectivity index (χ2v) is 6.27. The second-order valence-electron chi connectivity index (χ2n) is 5.49. The number of halogens is 1. The number of thiophene rings is 1. The zero-order chi connectivity index (χ0) is 17.2. The molecule has 0 N–H and O–H groups in total. The van der Waals surface area contributed by atoms with Gasteiger partial charge in [0, 0.05) is 0 Å². The van der Waals surface area contributed by atoms with Crippen molar-refractivity contribution >= 4 is 34.4 Å². The Bertz CT molecular complexity index is 1110. The van der Waals surface area contributed by atoms with Gasteiger partial charge in [0.1, 0.15) is 11.6 Å². The lowest BCUT2D eigenvalue weighted by molar-refractivity contribution is 0.627. The van der Waals surface area contributed by atoms with Crippen molar-refractivity contribution in [3.63, 3.8) is 0 Å². The van der Waals surface area contributed by atoms with E-state index in [2.05, 4.69) is 4.98 Å². The molecule has 0 atom stereocenters. The molecule has 0 aliphatic heterocycles. The van der Waals surface area contributed by atoms with Crippen LogP contribution >= 0.6 is 11.3 Å². The standard InChI is InChI=1S/C20H13FN2OS/c21-15-6-8-16(9-7-15)23-19(10-5-14-11-12-25-13-14)22-18-4-2-1-3-17(18)20(23)24/h1-13H. The van der Waals surface area contributed by atoms with Crippen molar-refractivity contribution in [2.45, 2.75) is 0 Å². The van der Waals surface area contributed by atoms with Crippen molar-refractivity contribution in [1.29, 1.82) is 0 Å². The minimum Gasteiger partial charge on any atom is -0.268 e. The second kappa shape index (κ2) is 6.45. The fraction of sp³-hybridized carbons (Fsp3) is 0. The highest BCUT2D eigenvalue weighted by atomic mass is 32.1. The lowest BCUT2D eigenvalue weighted by Crippen LogP contribution is -2.22. The monoisotopic (exact) mass is 348 g/mol. The molecule has 2 heterocycles. The van der Waals surface area contributed by atoms with Crippen molar-refractivity contribution in [2.24, 2.45) is 0 Å². The molecule has 0 spiro atoms. The van der Waals surface area contributed by atoms with Crippen LogP contribution in [0.1, 0.15) is 11.4 Å². The smallest absolute Gasteiger partial charge is 0.266 e. The molecule has 25 heavy (non-hydrogen) atoms. The fourth-order valence-electron chi connectivity index (χ4n) is 2.64. The Kier molecular flexibility index (Phi) is 3.99. The Morgan fingerprint density at radius 3 is 2.56 bits per heavy atom. The first-order chi connectivity index (χ1) is 12.2. The molecule has 5 heteroatoms. The largest absolute Gasteiger partial charge is 0.268 e. The van der Waals surface area contributed by atoms with Crippen LogP contribution in [0.25, 0.3) is 28.7 Å². The van der Waals surface area contributed by atoms with Crippen LogP contribution in [0.15, 0.2) is 70.2 Å². The summed E-state index contributed by atoms with van der Waals surface area (Å²) in [6.45, 7) is 0. The average Bonchev–Trinajstić information content (AvgIpc) is 3.15. The van der Waals surface area contributed by atoms with Crippen LogP contribution in [0.2, 0.25) is 0 Å². The van der Waals surface area contributed by atoms with Gasteiger partial charge in [0.25, 0.3) is 5.56 Å².